The van der Waals surface area contributed by atoms with E-state index in [4.69, 9.17) is 9.15 Å². The van der Waals surface area contributed by atoms with E-state index in [1.807, 2.05) is 35.7 Å². The number of rotatable bonds is 6. The number of hydrogen-bond acceptors (Lipinski definition) is 5. The van der Waals surface area contributed by atoms with Crippen molar-refractivity contribution in [1.29, 1.82) is 0 Å². The first-order valence-electron chi connectivity index (χ1n) is 8.09. The van der Waals surface area contributed by atoms with Crippen molar-refractivity contribution in [3.8, 4) is 16.3 Å². The molecule has 4 rings (SSSR count). The third-order valence-corrected chi connectivity index (χ3v) is 5.53. The second-order valence-electron chi connectivity index (χ2n) is 5.80. The second kappa shape index (κ2) is 7.62. The zero-order chi connectivity index (χ0) is 18.8. The molecule has 0 radical (unpaired) electrons. The normalized spacial score (nSPS) is 12.2. The summed E-state index contributed by atoms with van der Waals surface area (Å²) in [6.07, 6.45) is 0.703. The average Bonchev–Trinajstić information content (AvgIpc) is 3.33. The van der Waals surface area contributed by atoms with Gasteiger partial charge in [-0.25, -0.2) is 9.37 Å². The molecule has 0 saturated carbocycles. The number of furan rings is 1. The predicted octanol–water partition coefficient (Wildman–Crippen LogP) is 5.91. The fourth-order valence-corrected chi connectivity index (χ4v) is 3.69. The lowest BCUT2D eigenvalue weighted by atomic mass is 10.2. The summed E-state index contributed by atoms with van der Waals surface area (Å²) in [7, 11) is 0. The number of ether oxygens (including phenoxy) is 1. The summed E-state index contributed by atoms with van der Waals surface area (Å²) in [5, 5.41) is 3.43. The molecule has 7 heteroatoms. The quantitative estimate of drug-likeness (QED) is 0.273. The zero-order valence-electron chi connectivity index (χ0n) is 13.9. The number of alkyl halides is 1. The van der Waals surface area contributed by atoms with Gasteiger partial charge in [-0.05, 0) is 6.07 Å². The standard InChI is InChI=1S/C20H13BrFNO3S/c21-16(9-24)19-8-15-17(6-13(22)7-18(15)26-19)25-10-14-11-27-20(23-14)12-4-2-1-3-5-12/h1-9,11,16H,10H2. The Morgan fingerprint density at radius 1 is 1.26 bits per heavy atom. The molecule has 0 fully saturated rings. The summed E-state index contributed by atoms with van der Waals surface area (Å²) in [4.78, 5) is 14.9. The van der Waals surface area contributed by atoms with E-state index in [9.17, 15) is 9.18 Å². The monoisotopic (exact) mass is 445 g/mol. The van der Waals surface area contributed by atoms with Crippen LogP contribution < -0.4 is 4.74 Å². The third-order valence-electron chi connectivity index (χ3n) is 3.92. The largest absolute Gasteiger partial charge is 0.486 e. The van der Waals surface area contributed by atoms with Gasteiger partial charge in [-0.3, -0.25) is 0 Å². The number of fused-ring (bicyclic) bond motifs is 1. The van der Waals surface area contributed by atoms with Crippen molar-refractivity contribution in [1.82, 2.24) is 4.98 Å². The van der Waals surface area contributed by atoms with Crippen LogP contribution in [0.4, 0.5) is 4.39 Å². The highest BCUT2D eigenvalue weighted by Gasteiger charge is 2.16. The van der Waals surface area contributed by atoms with Gasteiger partial charge >= 0.3 is 0 Å². The van der Waals surface area contributed by atoms with Gasteiger partial charge in [-0.2, -0.15) is 0 Å². The number of halogens is 2. The van der Waals surface area contributed by atoms with Gasteiger partial charge in [0.25, 0.3) is 0 Å². The summed E-state index contributed by atoms with van der Waals surface area (Å²) in [6.45, 7) is 0.202. The Balaban J connectivity index is 1.58. The van der Waals surface area contributed by atoms with Gasteiger partial charge < -0.3 is 13.9 Å². The average molecular weight is 446 g/mol. The lowest BCUT2D eigenvalue weighted by Crippen LogP contribution is -1.96. The molecule has 4 aromatic rings. The highest BCUT2D eigenvalue weighted by atomic mass is 79.9. The summed E-state index contributed by atoms with van der Waals surface area (Å²) < 4.78 is 25.3. The molecular weight excluding hydrogens is 433 g/mol. The molecule has 0 aliphatic heterocycles. The summed E-state index contributed by atoms with van der Waals surface area (Å²) in [5.41, 5.74) is 2.12. The Labute approximate surface area is 166 Å². The maximum atomic E-state index is 13.9. The van der Waals surface area contributed by atoms with Gasteiger partial charge in [0.15, 0.2) is 0 Å². The Bertz CT molecular complexity index is 1090. The molecular formula is C20H13BrFNO3S. The van der Waals surface area contributed by atoms with E-state index >= 15 is 0 Å². The highest BCUT2D eigenvalue weighted by molar-refractivity contribution is 9.09. The minimum atomic E-state index is -0.590. The fraction of sp³-hybridized carbons (Fsp3) is 0.100. The maximum Gasteiger partial charge on any atom is 0.141 e. The van der Waals surface area contributed by atoms with Crippen LogP contribution >= 0.6 is 27.3 Å². The molecule has 2 heterocycles. The summed E-state index contributed by atoms with van der Waals surface area (Å²) in [5.74, 6) is 0.272. The van der Waals surface area contributed by atoms with Crippen LogP contribution in [0.5, 0.6) is 5.75 Å². The summed E-state index contributed by atoms with van der Waals surface area (Å²) in [6, 6.07) is 14.1. The number of thiazole rings is 1. The zero-order valence-corrected chi connectivity index (χ0v) is 16.3. The van der Waals surface area contributed by atoms with Crippen LogP contribution in [0.15, 0.2) is 58.3 Å². The molecule has 1 atom stereocenters. The highest BCUT2D eigenvalue weighted by Crippen LogP contribution is 2.34. The molecule has 2 aromatic carbocycles. The van der Waals surface area contributed by atoms with Crippen molar-refractivity contribution in [3.63, 3.8) is 0 Å². The lowest BCUT2D eigenvalue weighted by molar-refractivity contribution is -0.107. The van der Waals surface area contributed by atoms with Gasteiger partial charge in [0.1, 0.15) is 45.6 Å². The molecule has 2 aromatic heterocycles. The number of benzene rings is 2. The van der Waals surface area contributed by atoms with Crippen LogP contribution in [-0.4, -0.2) is 11.3 Å². The van der Waals surface area contributed by atoms with Gasteiger partial charge in [0.2, 0.25) is 0 Å². The minimum absolute atomic E-state index is 0.202. The van der Waals surface area contributed by atoms with Crippen molar-refractivity contribution in [2.45, 2.75) is 11.4 Å². The van der Waals surface area contributed by atoms with Crippen LogP contribution in [0.1, 0.15) is 16.3 Å². The molecule has 1 unspecified atom stereocenters. The van der Waals surface area contributed by atoms with Crippen molar-refractivity contribution in [2.24, 2.45) is 0 Å². The van der Waals surface area contributed by atoms with Crippen LogP contribution in [0, 0.1) is 5.82 Å². The van der Waals surface area contributed by atoms with E-state index < -0.39 is 10.6 Å². The lowest BCUT2D eigenvalue weighted by Gasteiger charge is -2.05. The van der Waals surface area contributed by atoms with Gasteiger partial charge in [0.05, 0.1) is 11.1 Å². The van der Waals surface area contributed by atoms with Crippen LogP contribution in [0.2, 0.25) is 0 Å². The number of carbonyl (C=O) groups excluding carboxylic acids is 1. The summed E-state index contributed by atoms with van der Waals surface area (Å²) >= 11 is 4.73. The Morgan fingerprint density at radius 3 is 2.85 bits per heavy atom. The first kappa shape index (κ1) is 17.9. The second-order valence-corrected chi connectivity index (χ2v) is 7.65. The number of nitrogens with zero attached hydrogens (tertiary/aromatic N) is 1. The van der Waals surface area contributed by atoms with E-state index in [1.165, 1.54) is 23.5 Å². The van der Waals surface area contributed by atoms with Gasteiger partial charge in [-0.15, -0.1) is 11.3 Å². The van der Waals surface area contributed by atoms with Gasteiger partial charge in [0, 0.05) is 23.1 Å². The van der Waals surface area contributed by atoms with Crippen molar-refractivity contribution in [2.75, 3.05) is 0 Å². The SMILES string of the molecule is O=CC(Br)c1cc2c(OCc3csc(-c4ccccc4)n3)cc(F)cc2o1. The van der Waals surface area contributed by atoms with Crippen molar-refractivity contribution < 1.29 is 18.3 Å². The molecule has 0 amide bonds. The van der Waals surface area contributed by atoms with E-state index in [0.717, 1.165) is 16.3 Å². The van der Waals surface area contributed by atoms with E-state index in [2.05, 4.69) is 20.9 Å². The van der Waals surface area contributed by atoms with Crippen molar-refractivity contribution >= 4 is 44.5 Å². The Morgan fingerprint density at radius 2 is 2.07 bits per heavy atom. The number of hydrogen-bond donors (Lipinski definition) is 0. The van der Waals surface area contributed by atoms with E-state index in [-0.39, 0.29) is 6.61 Å². The molecule has 27 heavy (non-hydrogen) atoms. The minimum Gasteiger partial charge on any atom is -0.486 e. The maximum absolute atomic E-state index is 13.9. The van der Waals surface area contributed by atoms with Crippen molar-refractivity contribution in [3.05, 3.63) is 71.2 Å². The Kier molecular flexibility index (Phi) is 5.05. The topological polar surface area (TPSA) is 52.3 Å². The van der Waals surface area contributed by atoms with E-state index in [0.29, 0.717) is 28.8 Å². The van der Waals surface area contributed by atoms with Gasteiger partial charge in [-0.1, -0.05) is 46.3 Å². The molecule has 4 nitrogen and oxygen atoms in total. The first-order chi connectivity index (χ1) is 13.1. The van der Waals surface area contributed by atoms with Crippen LogP contribution in [0.3, 0.4) is 0 Å². The Hall–Kier alpha value is -2.51. The van der Waals surface area contributed by atoms with E-state index in [1.54, 1.807) is 6.07 Å². The van der Waals surface area contributed by atoms with Crippen LogP contribution in [-0.2, 0) is 11.4 Å². The molecule has 0 bridgehead atoms. The molecule has 0 aliphatic rings. The number of carbonyl (C=O) groups is 1. The molecule has 0 aliphatic carbocycles. The number of aldehydes is 1. The number of aromatic nitrogens is 1. The smallest absolute Gasteiger partial charge is 0.141 e. The third kappa shape index (κ3) is 3.79. The molecule has 0 N–H and O–H groups in total. The molecule has 0 saturated heterocycles. The van der Waals surface area contributed by atoms with Crippen LogP contribution in [0.25, 0.3) is 21.5 Å². The first-order valence-corrected chi connectivity index (χ1v) is 9.88. The molecule has 0 spiro atoms. The predicted molar refractivity (Wildman–Crippen MR) is 106 cm³/mol. The molecule has 136 valence electrons. The fourth-order valence-electron chi connectivity index (χ4n) is 2.66.